The summed E-state index contributed by atoms with van der Waals surface area (Å²) in [6.45, 7) is 11.8. The lowest BCUT2D eigenvalue weighted by Crippen LogP contribution is -2.73. The maximum Gasteiger partial charge on any atom is 0.244 e. The van der Waals surface area contributed by atoms with Crippen LogP contribution in [0.5, 0.6) is 0 Å². The summed E-state index contributed by atoms with van der Waals surface area (Å²) in [5, 5.41) is 3.08. The van der Waals surface area contributed by atoms with Gasteiger partial charge < -0.3 is 20.9 Å². The van der Waals surface area contributed by atoms with Crippen molar-refractivity contribution in [1.82, 2.24) is 15.1 Å². The molecule has 7 nitrogen and oxygen atoms in total. The first-order valence-electron chi connectivity index (χ1n) is 8.63. The van der Waals surface area contributed by atoms with Crippen LogP contribution in [0.1, 0.15) is 19.8 Å². The lowest BCUT2D eigenvalue weighted by atomic mass is 9.69. The summed E-state index contributed by atoms with van der Waals surface area (Å²) in [6.07, 6.45) is 7.24. The van der Waals surface area contributed by atoms with Gasteiger partial charge in [-0.3, -0.25) is 9.79 Å². The SMILES string of the molecule is C=C/N=C1/NC=C/C1=C(/N)N1CCC[C@]2(C1)[C@@H](C)CN2C(=O)CN=C. The monoisotopic (exact) mass is 342 g/mol. The van der Waals surface area contributed by atoms with Gasteiger partial charge in [-0.1, -0.05) is 13.5 Å². The Morgan fingerprint density at radius 2 is 2.40 bits per heavy atom. The number of amides is 1. The van der Waals surface area contributed by atoms with E-state index in [4.69, 9.17) is 5.73 Å². The number of carbonyl (C=O) groups is 1. The van der Waals surface area contributed by atoms with Crippen LogP contribution in [0.4, 0.5) is 0 Å². The molecule has 3 heterocycles. The van der Waals surface area contributed by atoms with Crippen molar-refractivity contribution < 1.29 is 4.79 Å². The fourth-order valence-corrected chi connectivity index (χ4v) is 4.14. The molecular formula is C18H26N6O. The van der Waals surface area contributed by atoms with Crippen LogP contribution in [-0.2, 0) is 4.79 Å². The Bertz CT molecular complexity index is 679. The van der Waals surface area contributed by atoms with Gasteiger partial charge in [0.2, 0.25) is 5.91 Å². The normalized spacial score (nSPS) is 31.7. The standard InChI is InChI=1S/C18H26N6O/c1-4-21-17-14(6-8-22-17)16(19)23-9-5-7-18(12-23)13(2)11-24(18)15(25)10-20-3/h4,6,8,13H,1,3,5,7,9-12,19H2,2H3,(H,21,22)/b16-14+/t13-,18-/m0/s1. The van der Waals surface area contributed by atoms with Gasteiger partial charge in [0.1, 0.15) is 18.2 Å². The van der Waals surface area contributed by atoms with Crippen molar-refractivity contribution in [2.24, 2.45) is 21.6 Å². The molecule has 0 saturated carbocycles. The van der Waals surface area contributed by atoms with Crippen molar-refractivity contribution in [2.45, 2.75) is 25.3 Å². The molecule has 2 atom stereocenters. The number of amidine groups is 1. The van der Waals surface area contributed by atoms with Crippen molar-refractivity contribution >= 4 is 18.5 Å². The number of likely N-dealkylation sites (tertiary alicyclic amines) is 2. The van der Waals surface area contributed by atoms with Gasteiger partial charge in [-0.05, 0) is 31.6 Å². The highest BCUT2D eigenvalue weighted by molar-refractivity contribution is 6.04. The zero-order chi connectivity index (χ0) is 18.0. The highest BCUT2D eigenvalue weighted by Gasteiger charge is 2.54. The average Bonchev–Trinajstić information content (AvgIpc) is 3.07. The summed E-state index contributed by atoms with van der Waals surface area (Å²) >= 11 is 0. The minimum Gasteiger partial charge on any atom is -0.385 e. The predicted octanol–water partition coefficient (Wildman–Crippen LogP) is 0.829. The quantitative estimate of drug-likeness (QED) is 0.741. The third-order valence-corrected chi connectivity index (χ3v) is 5.52. The van der Waals surface area contributed by atoms with Crippen molar-refractivity contribution in [1.29, 1.82) is 0 Å². The first-order valence-corrected chi connectivity index (χ1v) is 8.63. The Morgan fingerprint density at radius 1 is 1.60 bits per heavy atom. The first kappa shape index (κ1) is 17.3. The second-order valence-corrected chi connectivity index (χ2v) is 6.85. The summed E-state index contributed by atoms with van der Waals surface area (Å²) in [7, 11) is 0. The lowest BCUT2D eigenvalue weighted by Gasteiger charge is -2.61. The van der Waals surface area contributed by atoms with E-state index >= 15 is 0 Å². The molecule has 1 amide bonds. The van der Waals surface area contributed by atoms with Crippen LogP contribution in [0.2, 0.25) is 0 Å². The predicted molar refractivity (Wildman–Crippen MR) is 100.0 cm³/mol. The van der Waals surface area contributed by atoms with E-state index in [2.05, 4.69) is 40.4 Å². The van der Waals surface area contributed by atoms with Crippen LogP contribution in [0.25, 0.3) is 0 Å². The van der Waals surface area contributed by atoms with Crippen molar-refractivity contribution in [3.8, 4) is 0 Å². The summed E-state index contributed by atoms with van der Waals surface area (Å²) in [5.41, 5.74) is 7.18. The fraction of sp³-hybridized carbons (Fsp3) is 0.500. The molecule has 3 aliphatic rings. The number of rotatable bonds is 4. The second-order valence-electron chi connectivity index (χ2n) is 6.85. The topological polar surface area (TPSA) is 86.3 Å². The molecule has 25 heavy (non-hydrogen) atoms. The molecule has 0 aromatic rings. The first-order chi connectivity index (χ1) is 12.0. The van der Waals surface area contributed by atoms with Crippen LogP contribution < -0.4 is 11.1 Å². The van der Waals surface area contributed by atoms with E-state index in [9.17, 15) is 4.79 Å². The van der Waals surface area contributed by atoms with E-state index in [1.165, 1.54) is 6.20 Å². The summed E-state index contributed by atoms with van der Waals surface area (Å²) in [6, 6.07) is 0. The number of hydrogen-bond donors (Lipinski definition) is 2. The smallest absolute Gasteiger partial charge is 0.244 e. The molecule has 0 radical (unpaired) electrons. The van der Waals surface area contributed by atoms with Gasteiger partial charge in [0.05, 0.1) is 11.1 Å². The molecule has 0 aliphatic carbocycles. The highest BCUT2D eigenvalue weighted by Crippen LogP contribution is 2.43. The molecule has 2 fully saturated rings. The van der Waals surface area contributed by atoms with Crippen LogP contribution in [0, 0.1) is 5.92 Å². The van der Waals surface area contributed by atoms with Gasteiger partial charge in [0.25, 0.3) is 0 Å². The van der Waals surface area contributed by atoms with E-state index in [0.717, 1.165) is 38.0 Å². The van der Waals surface area contributed by atoms with Gasteiger partial charge in [0, 0.05) is 32.0 Å². The van der Waals surface area contributed by atoms with E-state index in [0.29, 0.717) is 17.6 Å². The molecule has 3 N–H and O–H groups in total. The molecule has 1 spiro atoms. The van der Waals surface area contributed by atoms with Gasteiger partial charge >= 0.3 is 0 Å². The molecular weight excluding hydrogens is 316 g/mol. The van der Waals surface area contributed by atoms with E-state index < -0.39 is 0 Å². The molecule has 3 aliphatic heterocycles. The molecule has 134 valence electrons. The van der Waals surface area contributed by atoms with Crippen molar-refractivity contribution in [2.75, 3.05) is 26.2 Å². The lowest BCUT2D eigenvalue weighted by molar-refractivity contribution is -0.162. The molecule has 3 rings (SSSR count). The van der Waals surface area contributed by atoms with E-state index in [-0.39, 0.29) is 18.0 Å². The van der Waals surface area contributed by atoms with Crippen molar-refractivity contribution in [3.63, 3.8) is 0 Å². The second kappa shape index (κ2) is 6.74. The van der Waals surface area contributed by atoms with E-state index in [1.807, 2.05) is 17.2 Å². The third kappa shape index (κ3) is 2.83. The Morgan fingerprint density at radius 3 is 3.08 bits per heavy atom. The van der Waals surface area contributed by atoms with Gasteiger partial charge in [-0.25, -0.2) is 4.99 Å². The Kier molecular flexibility index (Phi) is 4.65. The zero-order valence-electron chi connectivity index (χ0n) is 14.7. The van der Waals surface area contributed by atoms with E-state index in [1.54, 1.807) is 0 Å². The Hall–Kier alpha value is -2.57. The number of aliphatic imine (C=N–C) groups is 2. The molecule has 0 aromatic heterocycles. The number of nitrogens with one attached hydrogen (secondary N) is 1. The fourth-order valence-electron chi connectivity index (χ4n) is 4.14. The minimum atomic E-state index is -0.156. The largest absolute Gasteiger partial charge is 0.385 e. The van der Waals surface area contributed by atoms with Crippen LogP contribution in [-0.4, -0.2) is 60.0 Å². The third-order valence-electron chi connectivity index (χ3n) is 5.52. The molecule has 0 bridgehead atoms. The maximum absolute atomic E-state index is 12.4. The van der Waals surface area contributed by atoms with Crippen molar-refractivity contribution in [3.05, 3.63) is 36.4 Å². The highest BCUT2D eigenvalue weighted by atomic mass is 16.2. The van der Waals surface area contributed by atoms with Crippen LogP contribution in [0.15, 0.2) is 46.4 Å². The number of piperidine rings is 1. The van der Waals surface area contributed by atoms with Gasteiger partial charge in [0.15, 0.2) is 0 Å². The number of carbonyl (C=O) groups excluding carboxylic acids is 1. The number of nitrogens with zero attached hydrogens (tertiary/aromatic N) is 4. The minimum absolute atomic E-state index is 0.0533. The van der Waals surface area contributed by atoms with Gasteiger partial charge in [-0.15, -0.1) is 0 Å². The summed E-state index contributed by atoms with van der Waals surface area (Å²) in [4.78, 5) is 24.5. The summed E-state index contributed by atoms with van der Waals surface area (Å²) < 4.78 is 0. The molecule has 0 aromatic carbocycles. The van der Waals surface area contributed by atoms with Crippen LogP contribution in [0.3, 0.4) is 0 Å². The Labute approximate surface area is 148 Å². The van der Waals surface area contributed by atoms with Crippen LogP contribution >= 0.6 is 0 Å². The maximum atomic E-state index is 12.4. The molecule has 2 saturated heterocycles. The molecule has 7 heteroatoms. The number of nitrogens with two attached hydrogens (primary N) is 1. The average molecular weight is 342 g/mol. The Balaban J connectivity index is 1.84. The zero-order valence-corrected chi connectivity index (χ0v) is 14.7. The summed E-state index contributed by atoms with van der Waals surface area (Å²) in [5.74, 6) is 1.89. The number of hydrogen-bond acceptors (Lipinski definition) is 5. The molecule has 0 unspecified atom stereocenters. The van der Waals surface area contributed by atoms with Gasteiger partial charge in [-0.2, -0.15) is 0 Å².